The Kier molecular flexibility index (Phi) is 6.97. The Bertz CT molecular complexity index is 554. The summed E-state index contributed by atoms with van der Waals surface area (Å²) in [5, 5.41) is 15.2. The molecule has 1 aromatic rings. The second kappa shape index (κ2) is 8.97. The standard InChI is InChI=1S/C18H26F2N2O2/c1-2-4-17(15-8-7-13(19)10-16(15)20)22-18(24)21-11-12-5-3-6-14(23)9-12/h7-8,10,12,14,17,23H,2-6,9,11H2,1H3,(H2,21,22,24). The highest BCUT2D eigenvalue weighted by Crippen LogP contribution is 2.24. The molecule has 0 saturated heterocycles. The van der Waals surface area contributed by atoms with E-state index in [2.05, 4.69) is 10.6 Å². The Labute approximate surface area is 141 Å². The largest absolute Gasteiger partial charge is 0.393 e. The Morgan fingerprint density at radius 3 is 2.83 bits per heavy atom. The van der Waals surface area contributed by atoms with Gasteiger partial charge in [0, 0.05) is 18.2 Å². The second-order valence-corrected chi connectivity index (χ2v) is 6.55. The maximum Gasteiger partial charge on any atom is 0.315 e. The van der Waals surface area contributed by atoms with Crippen molar-refractivity contribution in [2.45, 2.75) is 57.6 Å². The first-order valence-electron chi connectivity index (χ1n) is 8.67. The van der Waals surface area contributed by atoms with Gasteiger partial charge in [0.15, 0.2) is 0 Å². The monoisotopic (exact) mass is 340 g/mol. The summed E-state index contributed by atoms with van der Waals surface area (Å²) in [4.78, 5) is 12.1. The summed E-state index contributed by atoms with van der Waals surface area (Å²) in [5.41, 5.74) is 0.293. The third-order valence-electron chi connectivity index (χ3n) is 4.53. The zero-order valence-corrected chi connectivity index (χ0v) is 14.0. The summed E-state index contributed by atoms with van der Waals surface area (Å²) in [7, 11) is 0. The fourth-order valence-electron chi connectivity index (χ4n) is 3.27. The van der Waals surface area contributed by atoms with Crippen LogP contribution >= 0.6 is 0 Å². The van der Waals surface area contributed by atoms with E-state index in [1.54, 1.807) is 0 Å². The molecule has 0 aliphatic heterocycles. The van der Waals surface area contributed by atoms with Crippen molar-refractivity contribution in [2.24, 2.45) is 5.92 Å². The van der Waals surface area contributed by atoms with Crippen molar-refractivity contribution in [3.05, 3.63) is 35.4 Å². The van der Waals surface area contributed by atoms with E-state index in [0.717, 1.165) is 31.7 Å². The normalized spacial score (nSPS) is 22.0. The van der Waals surface area contributed by atoms with Crippen LogP contribution in [0.25, 0.3) is 0 Å². The van der Waals surface area contributed by atoms with E-state index in [1.807, 2.05) is 6.92 Å². The van der Waals surface area contributed by atoms with E-state index in [4.69, 9.17) is 0 Å². The Balaban J connectivity index is 1.90. The average Bonchev–Trinajstić information content (AvgIpc) is 2.53. The number of carbonyl (C=O) groups excluding carboxylic acids is 1. The number of benzene rings is 1. The van der Waals surface area contributed by atoms with Gasteiger partial charge in [-0.25, -0.2) is 13.6 Å². The molecule has 1 saturated carbocycles. The molecule has 6 heteroatoms. The topological polar surface area (TPSA) is 61.4 Å². The molecule has 1 aliphatic rings. The molecule has 0 radical (unpaired) electrons. The summed E-state index contributed by atoms with van der Waals surface area (Å²) >= 11 is 0. The average molecular weight is 340 g/mol. The van der Waals surface area contributed by atoms with Crippen LogP contribution in [-0.2, 0) is 0 Å². The van der Waals surface area contributed by atoms with Crippen molar-refractivity contribution in [1.82, 2.24) is 10.6 Å². The number of urea groups is 1. The lowest BCUT2D eigenvalue weighted by Gasteiger charge is -2.26. The molecule has 1 aliphatic carbocycles. The highest BCUT2D eigenvalue weighted by molar-refractivity contribution is 5.74. The van der Waals surface area contributed by atoms with Crippen LogP contribution in [0.2, 0.25) is 0 Å². The lowest BCUT2D eigenvalue weighted by molar-refractivity contribution is 0.101. The molecule has 3 N–H and O–H groups in total. The van der Waals surface area contributed by atoms with E-state index in [1.165, 1.54) is 12.1 Å². The second-order valence-electron chi connectivity index (χ2n) is 6.55. The van der Waals surface area contributed by atoms with Crippen molar-refractivity contribution < 1.29 is 18.7 Å². The minimum absolute atomic E-state index is 0.270. The van der Waals surface area contributed by atoms with Crippen LogP contribution in [0.3, 0.4) is 0 Å². The van der Waals surface area contributed by atoms with Gasteiger partial charge in [-0.1, -0.05) is 25.8 Å². The summed E-state index contributed by atoms with van der Waals surface area (Å²) < 4.78 is 27.0. The van der Waals surface area contributed by atoms with E-state index in [-0.39, 0.29) is 18.1 Å². The molecule has 4 nitrogen and oxygen atoms in total. The molecule has 1 fully saturated rings. The van der Waals surface area contributed by atoms with Crippen LogP contribution in [0.5, 0.6) is 0 Å². The van der Waals surface area contributed by atoms with Crippen molar-refractivity contribution in [3.8, 4) is 0 Å². The van der Waals surface area contributed by atoms with Gasteiger partial charge in [-0.2, -0.15) is 0 Å². The smallest absolute Gasteiger partial charge is 0.315 e. The Hall–Kier alpha value is -1.69. The molecule has 0 bridgehead atoms. The zero-order chi connectivity index (χ0) is 17.5. The summed E-state index contributed by atoms with van der Waals surface area (Å²) in [6.45, 7) is 2.44. The fraction of sp³-hybridized carbons (Fsp3) is 0.611. The lowest BCUT2D eigenvalue weighted by atomic mass is 9.87. The molecule has 0 aromatic heterocycles. The predicted octanol–water partition coefficient (Wildman–Crippen LogP) is 3.66. The van der Waals surface area contributed by atoms with Gasteiger partial charge in [0.25, 0.3) is 0 Å². The minimum Gasteiger partial charge on any atom is -0.393 e. The number of halogens is 2. The molecule has 3 unspecified atom stereocenters. The summed E-state index contributed by atoms with van der Waals surface area (Å²) in [6.07, 6.45) is 4.52. The maximum atomic E-state index is 14.0. The van der Waals surface area contributed by atoms with Crippen LogP contribution in [-0.4, -0.2) is 23.8 Å². The lowest BCUT2D eigenvalue weighted by Crippen LogP contribution is -2.41. The third-order valence-corrected chi connectivity index (χ3v) is 4.53. The van der Waals surface area contributed by atoms with Crippen molar-refractivity contribution in [2.75, 3.05) is 6.54 Å². The molecule has 2 rings (SSSR count). The molecule has 0 heterocycles. The molecule has 1 aromatic carbocycles. The fourth-order valence-corrected chi connectivity index (χ4v) is 3.27. The van der Waals surface area contributed by atoms with E-state index in [0.29, 0.717) is 24.9 Å². The van der Waals surface area contributed by atoms with Crippen LogP contribution in [0.15, 0.2) is 18.2 Å². The van der Waals surface area contributed by atoms with Crippen LogP contribution < -0.4 is 10.6 Å². The number of aliphatic hydroxyl groups excluding tert-OH is 1. The maximum absolute atomic E-state index is 14.0. The predicted molar refractivity (Wildman–Crippen MR) is 88.5 cm³/mol. The zero-order valence-electron chi connectivity index (χ0n) is 14.0. The highest BCUT2D eigenvalue weighted by atomic mass is 19.1. The number of amides is 2. The first kappa shape index (κ1) is 18.6. The summed E-state index contributed by atoms with van der Waals surface area (Å²) in [5.74, 6) is -1.01. The van der Waals surface area contributed by atoms with Crippen molar-refractivity contribution in [3.63, 3.8) is 0 Å². The van der Waals surface area contributed by atoms with Crippen LogP contribution in [0.4, 0.5) is 13.6 Å². The Morgan fingerprint density at radius 1 is 1.38 bits per heavy atom. The highest BCUT2D eigenvalue weighted by Gasteiger charge is 2.22. The first-order valence-corrected chi connectivity index (χ1v) is 8.67. The number of nitrogens with one attached hydrogen (secondary N) is 2. The molecule has 134 valence electrons. The number of carbonyl (C=O) groups is 1. The van der Waals surface area contributed by atoms with Gasteiger partial charge in [-0.05, 0) is 37.7 Å². The SMILES string of the molecule is CCCC(NC(=O)NCC1CCCC(O)C1)c1ccc(F)cc1F. The van der Waals surface area contributed by atoms with E-state index in [9.17, 15) is 18.7 Å². The number of rotatable bonds is 6. The van der Waals surface area contributed by atoms with Gasteiger partial charge in [0.1, 0.15) is 11.6 Å². The third kappa shape index (κ3) is 5.44. The first-order chi connectivity index (χ1) is 11.5. The molecule has 24 heavy (non-hydrogen) atoms. The van der Waals surface area contributed by atoms with Crippen molar-refractivity contribution in [1.29, 1.82) is 0 Å². The Morgan fingerprint density at radius 2 is 2.17 bits per heavy atom. The van der Waals surface area contributed by atoms with Gasteiger partial charge in [0.2, 0.25) is 0 Å². The summed E-state index contributed by atoms with van der Waals surface area (Å²) in [6, 6.07) is 2.55. The quantitative estimate of drug-likeness (QED) is 0.740. The molecule has 3 atom stereocenters. The molecule has 2 amide bonds. The van der Waals surface area contributed by atoms with Crippen LogP contribution in [0.1, 0.15) is 57.1 Å². The number of hydrogen-bond donors (Lipinski definition) is 3. The van der Waals surface area contributed by atoms with Gasteiger partial charge >= 0.3 is 6.03 Å². The van der Waals surface area contributed by atoms with E-state index >= 15 is 0 Å². The van der Waals surface area contributed by atoms with Gasteiger partial charge in [-0.3, -0.25) is 0 Å². The number of aliphatic hydroxyl groups is 1. The number of hydrogen-bond acceptors (Lipinski definition) is 2. The molecular formula is C18H26F2N2O2. The van der Waals surface area contributed by atoms with Crippen LogP contribution in [0, 0.1) is 17.6 Å². The van der Waals surface area contributed by atoms with Gasteiger partial charge < -0.3 is 15.7 Å². The van der Waals surface area contributed by atoms with E-state index < -0.39 is 17.7 Å². The molecular weight excluding hydrogens is 314 g/mol. The van der Waals surface area contributed by atoms with Crippen molar-refractivity contribution >= 4 is 6.03 Å². The van der Waals surface area contributed by atoms with Gasteiger partial charge in [0.05, 0.1) is 12.1 Å². The minimum atomic E-state index is -0.649. The molecule has 0 spiro atoms. The van der Waals surface area contributed by atoms with Gasteiger partial charge in [-0.15, -0.1) is 0 Å².